The average Bonchev–Trinajstić information content (AvgIpc) is 2.92. The van der Waals surface area contributed by atoms with Gasteiger partial charge in [0.25, 0.3) is 0 Å². The fourth-order valence-corrected chi connectivity index (χ4v) is 4.30. The highest BCUT2D eigenvalue weighted by atomic mass is 16.2. The van der Waals surface area contributed by atoms with Gasteiger partial charge in [0.15, 0.2) is 0 Å². The fourth-order valence-electron chi connectivity index (χ4n) is 4.30. The molecule has 0 saturated heterocycles. The molecule has 3 saturated carbocycles. The van der Waals surface area contributed by atoms with Crippen LogP contribution in [0.1, 0.15) is 58.3 Å². The SMILES string of the molecule is CCCNC1CCC(NC(=O)C2C3CCCC32)CC1. The first kappa shape index (κ1) is 13.4. The minimum atomic E-state index is 0.375. The van der Waals surface area contributed by atoms with Gasteiger partial charge in [-0.15, -0.1) is 0 Å². The van der Waals surface area contributed by atoms with Crippen molar-refractivity contribution in [3.63, 3.8) is 0 Å². The van der Waals surface area contributed by atoms with Crippen LogP contribution in [0, 0.1) is 17.8 Å². The molecule has 108 valence electrons. The van der Waals surface area contributed by atoms with Crippen molar-refractivity contribution in [1.82, 2.24) is 10.6 Å². The maximum atomic E-state index is 12.2. The van der Waals surface area contributed by atoms with E-state index in [1.165, 1.54) is 38.5 Å². The van der Waals surface area contributed by atoms with Gasteiger partial charge in [0.2, 0.25) is 5.91 Å². The number of hydrogen-bond donors (Lipinski definition) is 2. The summed E-state index contributed by atoms with van der Waals surface area (Å²) in [5.74, 6) is 2.27. The summed E-state index contributed by atoms with van der Waals surface area (Å²) in [6, 6.07) is 1.14. The molecule has 0 spiro atoms. The highest BCUT2D eigenvalue weighted by Gasteiger charge is 2.56. The zero-order valence-corrected chi connectivity index (χ0v) is 12.2. The predicted molar refractivity (Wildman–Crippen MR) is 76.8 cm³/mol. The molecule has 3 rings (SSSR count). The molecule has 0 aliphatic heterocycles. The van der Waals surface area contributed by atoms with Crippen molar-refractivity contribution in [2.75, 3.05) is 6.54 Å². The lowest BCUT2D eigenvalue weighted by Crippen LogP contribution is -2.43. The van der Waals surface area contributed by atoms with E-state index in [4.69, 9.17) is 0 Å². The van der Waals surface area contributed by atoms with Crippen LogP contribution in [0.2, 0.25) is 0 Å². The minimum absolute atomic E-state index is 0.375. The second-order valence-corrected chi connectivity index (χ2v) is 6.80. The van der Waals surface area contributed by atoms with E-state index in [9.17, 15) is 4.79 Å². The maximum absolute atomic E-state index is 12.2. The quantitative estimate of drug-likeness (QED) is 0.801. The molecule has 0 aromatic carbocycles. The van der Waals surface area contributed by atoms with Gasteiger partial charge in [-0.2, -0.15) is 0 Å². The monoisotopic (exact) mass is 264 g/mol. The Labute approximate surface area is 116 Å². The van der Waals surface area contributed by atoms with Gasteiger partial charge in [0.1, 0.15) is 0 Å². The van der Waals surface area contributed by atoms with Crippen LogP contribution in [0.25, 0.3) is 0 Å². The molecule has 19 heavy (non-hydrogen) atoms. The number of nitrogens with one attached hydrogen (secondary N) is 2. The number of carbonyl (C=O) groups is 1. The molecule has 3 heteroatoms. The Morgan fingerprint density at radius 2 is 1.63 bits per heavy atom. The van der Waals surface area contributed by atoms with E-state index in [0.717, 1.165) is 31.2 Å². The van der Waals surface area contributed by atoms with Gasteiger partial charge in [-0.05, 0) is 63.3 Å². The summed E-state index contributed by atoms with van der Waals surface area (Å²) in [6.07, 6.45) is 9.94. The highest BCUT2D eigenvalue weighted by molar-refractivity contribution is 5.82. The second-order valence-electron chi connectivity index (χ2n) is 6.80. The largest absolute Gasteiger partial charge is 0.353 e. The van der Waals surface area contributed by atoms with Crippen LogP contribution in [0.3, 0.4) is 0 Å². The predicted octanol–water partition coefficient (Wildman–Crippen LogP) is 2.46. The minimum Gasteiger partial charge on any atom is -0.353 e. The van der Waals surface area contributed by atoms with Crippen LogP contribution in [-0.4, -0.2) is 24.5 Å². The van der Waals surface area contributed by atoms with Crippen molar-refractivity contribution in [2.45, 2.75) is 70.4 Å². The zero-order chi connectivity index (χ0) is 13.2. The molecule has 3 nitrogen and oxygen atoms in total. The van der Waals surface area contributed by atoms with E-state index in [0.29, 0.717) is 23.9 Å². The normalized spacial score (nSPS) is 40.8. The Kier molecular flexibility index (Phi) is 4.11. The number of rotatable bonds is 5. The third-order valence-corrected chi connectivity index (χ3v) is 5.47. The molecule has 0 aromatic rings. The summed E-state index contributed by atoms with van der Waals surface area (Å²) < 4.78 is 0. The molecule has 1 amide bonds. The molecule has 0 aromatic heterocycles. The van der Waals surface area contributed by atoms with E-state index in [-0.39, 0.29) is 0 Å². The van der Waals surface area contributed by atoms with E-state index in [1.54, 1.807) is 0 Å². The van der Waals surface area contributed by atoms with Crippen molar-refractivity contribution in [1.29, 1.82) is 0 Å². The lowest BCUT2D eigenvalue weighted by molar-refractivity contribution is -0.124. The number of amides is 1. The Morgan fingerprint density at radius 1 is 1.00 bits per heavy atom. The van der Waals surface area contributed by atoms with Gasteiger partial charge < -0.3 is 10.6 Å². The number of carbonyl (C=O) groups excluding carboxylic acids is 1. The van der Waals surface area contributed by atoms with Crippen LogP contribution >= 0.6 is 0 Å². The summed E-state index contributed by atoms with van der Waals surface area (Å²) in [7, 11) is 0. The molecule has 3 fully saturated rings. The Balaban J connectivity index is 1.37. The first-order valence-electron chi connectivity index (χ1n) is 8.33. The third-order valence-electron chi connectivity index (χ3n) is 5.47. The average molecular weight is 264 g/mol. The maximum Gasteiger partial charge on any atom is 0.223 e. The second kappa shape index (κ2) is 5.82. The molecule has 3 aliphatic rings. The standard InChI is InChI=1S/C16H28N2O/c1-2-10-17-11-6-8-12(9-7-11)18-16(19)15-13-4-3-5-14(13)15/h11-15,17H,2-10H2,1H3,(H,18,19). The highest BCUT2D eigenvalue weighted by Crippen LogP contribution is 2.57. The Bertz CT molecular complexity index is 313. The van der Waals surface area contributed by atoms with Crippen LogP contribution in [0.5, 0.6) is 0 Å². The smallest absolute Gasteiger partial charge is 0.223 e. The summed E-state index contributed by atoms with van der Waals surface area (Å²) in [5.41, 5.74) is 0. The molecule has 2 atom stereocenters. The van der Waals surface area contributed by atoms with Crippen molar-refractivity contribution in [2.24, 2.45) is 17.8 Å². The summed E-state index contributed by atoms with van der Waals surface area (Å²) in [6.45, 7) is 3.35. The van der Waals surface area contributed by atoms with Crippen molar-refractivity contribution < 1.29 is 4.79 Å². The van der Waals surface area contributed by atoms with Gasteiger partial charge in [-0.1, -0.05) is 13.3 Å². The van der Waals surface area contributed by atoms with E-state index in [2.05, 4.69) is 17.6 Å². The molecular formula is C16H28N2O. The van der Waals surface area contributed by atoms with Gasteiger partial charge in [0, 0.05) is 18.0 Å². The van der Waals surface area contributed by atoms with Gasteiger partial charge in [-0.25, -0.2) is 0 Å². The molecular weight excluding hydrogens is 236 g/mol. The van der Waals surface area contributed by atoms with Crippen LogP contribution < -0.4 is 10.6 Å². The number of hydrogen-bond acceptors (Lipinski definition) is 2. The Morgan fingerprint density at radius 3 is 2.26 bits per heavy atom. The van der Waals surface area contributed by atoms with Gasteiger partial charge in [0.05, 0.1) is 0 Å². The van der Waals surface area contributed by atoms with E-state index in [1.807, 2.05) is 0 Å². The molecule has 0 bridgehead atoms. The topological polar surface area (TPSA) is 41.1 Å². The molecule has 0 radical (unpaired) electrons. The van der Waals surface area contributed by atoms with Crippen LogP contribution in [0.15, 0.2) is 0 Å². The summed E-state index contributed by atoms with van der Waals surface area (Å²) in [4.78, 5) is 12.2. The van der Waals surface area contributed by atoms with E-state index >= 15 is 0 Å². The first-order chi connectivity index (χ1) is 9.29. The third kappa shape index (κ3) is 2.96. The zero-order valence-electron chi connectivity index (χ0n) is 12.2. The first-order valence-corrected chi connectivity index (χ1v) is 8.33. The van der Waals surface area contributed by atoms with Crippen molar-refractivity contribution in [3.05, 3.63) is 0 Å². The van der Waals surface area contributed by atoms with E-state index < -0.39 is 0 Å². The molecule has 2 unspecified atom stereocenters. The molecule has 0 heterocycles. The number of fused-ring (bicyclic) bond motifs is 1. The van der Waals surface area contributed by atoms with Crippen molar-refractivity contribution >= 4 is 5.91 Å². The molecule has 2 N–H and O–H groups in total. The lowest BCUT2D eigenvalue weighted by Gasteiger charge is -2.30. The fraction of sp³-hybridized carbons (Fsp3) is 0.938. The lowest BCUT2D eigenvalue weighted by atomic mass is 9.91. The van der Waals surface area contributed by atoms with Gasteiger partial charge in [-0.3, -0.25) is 4.79 Å². The summed E-state index contributed by atoms with van der Waals surface area (Å²) >= 11 is 0. The van der Waals surface area contributed by atoms with Gasteiger partial charge >= 0.3 is 0 Å². The van der Waals surface area contributed by atoms with Crippen LogP contribution in [0.4, 0.5) is 0 Å². The molecule has 3 aliphatic carbocycles. The summed E-state index contributed by atoms with van der Waals surface area (Å²) in [5, 5.41) is 6.92. The Hall–Kier alpha value is -0.570. The van der Waals surface area contributed by atoms with Crippen molar-refractivity contribution in [3.8, 4) is 0 Å². The van der Waals surface area contributed by atoms with Crippen LogP contribution in [-0.2, 0) is 4.79 Å².